The molecule has 1 aromatic carbocycles. The summed E-state index contributed by atoms with van der Waals surface area (Å²) in [6, 6.07) is 6.29. The highest BCUT2D eigenvalue weighted by molar-refractivity contribution is 7.15. The average molecular weight is 519 g/mol. The molecular weight excluding hydrogens is 497 g/mol. The van der Waals surface area contributed by atoms with Crippen LogP contribution in [0.2, 0.25) is 0 Å². The van der Waals surface area contributed by atoms with Gasteiger partial charge in [-0.2, -0.15) is 13.2 Å². The first-order chi connectivity index (χ1) is 17.1. The molecule has 1 aliphatic rings. The Balaban J connectivity index is 1.34. The Bertz CT molecular complexity index is 1440. The molecular formula is C23H21F3N6O3S. The van der Waals surface area contributed by atoms with Gasteiger partial charge in [-0.05, 0) is 61.9 Å². The van der Waals surface area contributed by atoms with Crippen molar-refractivity contribution in [2.45, 2.75) is 50.3 Å². The Morgan fingerprint density at radius 2 is 2.00 bits per heavy atom. The molecule has 0 unspecified atom stereocenters. The van der Waals surface area contributed by atoms with Crippen LogP contribution in [0, 0.1) is 6.92 Å². The summed E-state index contributed by atoms with van der Waals surface area (Å²) in [5, 5.41) is 20.9. The molecule has 4 aromatic rings. The van der Waals surface area contributed by atoms with E-state index >= 15 is 0 Å². The van der Waals surface area contributed by atoms with Gasteiger partial charge in [0.15, 0.2) is 0 Å². The van der Waals surface area contributed by atoms with E-state index in [0.29, 0.717) is 42.3 Å². The van der Waals surface area contributed by atoms with Crippen LogP contribution in [0.3, 0.4) is 0 Å². The highest BCUT2D eigenvalue weighted by Crippen LogP contribution is 2.45. The third-order valence-electron chi connectivity index (χ3n) is 6.08. The van der Waals surface area contributed by atoms with Crippen molar-refractivity contribution in [3.8, 4) is 10.4 Å². The maximum Gasteiger partial charge on any atom is 0.434 e. The number of hydrogen-bond donors (Lipinski definition) is 3. The first kappa shape index (κ1) is 24.1. The Morgan fingerprint density at radius 1 is 1.22 bits per heavy atom. The SMILES string of the molecule is Cc1cc(Nc2nccc(C(F)(F)F)n2)cc(-c2cnc(C3(O)CCC(c4n[nH]c(=O)o4)CC3)s2)c1. The minimum Gasteiger partial charge on any atom is -0.392 e. The van der Waals surface area contributed by atoms with E-state index in [1.54, 1.807) is 18.3 Å². The number of halogens is 3. The van der Waals surface area contributed by atoms with Crippen molar-refractivity contribution < 1.29 is 22.7 Å². The molecule has 9 nitrogen and oxygen atoms in total. The van der Waals surface area contributed by atoms with Gasteiger partial charge in [-0.1, -0.05) is 6.07 Å². The van der Waals surface area contributed by atoms with Gasteiger partial charge in [0.05, 0.1) is 4.88 Å². The molecule has 188 valence electrons. The van der Waals surface area contributed by atoms with Gasteiger partial charge in [0.1, 0.15) is 16.3 Å². The van der Waals surface area contributed by atoms with Gasteiger partial charge in [0.2, 0.25) is 11.8 Å². The lowest BCUT2D eigenvalue weighted by molar-refractivity contribution is -0.141. The first-order valence-electron chi connectivity index (χ1n) is 11.1. The number of alkyl halides is 3. The van der Waals surface area contributed by atoms with Gasteiger partial charge in [-0.15, -0.1) is 16.4 Å². The van der Waals surface area contributed by atoms with Crippen LogP contribution in [-0.4, -0.2) is 30.3 Å². The largest absolute Gasteiger partial charge is 0.434 e. The van der Waals surface area contributed by atoms with E-state index in [1.807, 2.05) is 13.0 Å². The topological polar surface area (TPSA) is 130 Å². The number of aryl methyl sites for hydroxylation is 1. The lowest BCUT2D eigenvalue weighted by atomic mass is 9.79. The molecule has 3 aromatic heterocycles. The molecule has 0 atom stereocenters. The predicted molar refractivity (Wildman–Crippen MR) is 125 cm³/mol. The van der Waals surface area contributed by atoms with E-state index in [0.717, 1.165) is 28.3 Å². The Labute approximate surface area is 206 Å². The van der Waals surface area contributed by atoms with Crippen molar-refractivity contribution in [3.05, 3.63) is 69.4 Å². The fourth-order valence-corrected chi connectivity index (χ4v) is 5.35. The quantitative estimate of drug-likeness (QED) is 0.340. The van der Waals surface area contributed by atoms with Crippen molar-refractivity contribution in [1.29, 1.82) is 0 Å². The van der Waals surface area contributed by atoms with Crippen molar-refractivity contribution in [2.24, 2.45) is 0 Å². The third-order valence-corrected chi connectivity index (χ3v) is 7.32. The zero-order valence-electron chi connectivity index (χ0n) is 19.0. The number of aromatic nitrogens is 5. The van der Waals surface area contributed by atoms with E-state index < -0.39 is 23.2 Å². The second kappa shape index (κ2) is 9.13. The molecule has 36 heavy (non-hydrogen) atoms. The van der Waals surface area contributed by atoms with Crippen LogP contribution in [0.1, 0.15) is 53.8 Å². The van der Waals surface area contributed by atoms with Crippen LogP contribution in [0.15, 0.2) is 45.9 Å². The summed E-state index contributed by atoms with van der Waals surface area (Å²) in [6.45, 7) is 1.87. The van der Waals surface area contributed by atoms with Crippen molar-refractivity contribution >= 4 is 23.0 Å². The van der Waals surface area contributed by atoms with Crippen LogP contribution in [-0.2, 0) is 11.8 Å². The molecule has 3 heterocycles. The molecule has 5 rings (SSSR count). The number of rotatable bonds is 5. The van der Waals surface area contributed by atoms with E-state index in [1.165, 1.54) is 11.3 Å². The molecule has 0 amide bonds. The predicted octanol–water partition coefficient (Wildman–Crippen LogP) is 4.89. The van der Waals surface area contributed by atoms with Crippen molar-refractivity contribution in [2.75, 3.05) is 5.32 Å². The molecule has 1 aliphatic carbocycles. The van der Waals surface area contributed by atoms with E-state index in [9.17, 15) is 23.1 Å². The number of aliphatic hydroxyl groups is 1. The van der Waals surface area contributed by atoms with Gasteiger partial charge < -0.3 is 14.8 Å². The summed E-state index contributed by atoms with van der Waals surface area (Å²) < 4.78 is 44.0. The van der Waals surface area contributed by atoms with E-state index in [4.69, 9.17) is 4.42 Å². The van der Waals surface area contributed by atoms with Gasteiger partial charge >= 0.3 is 11.9 Å². The normalized spacial score (nSPS) is 20.4. The summed E-state index contributed by atoms with van der Waals surface area (Å²) in [7, 11) is 0. The zero-order valence-corrected chi connectivity index (χ0v) is 19.8. The summed E-state index contributed by atoms with van der Waals surface area (Å²) >= 11 is 1.36. The molecule has 0 aliphatic heterocycles. The molecule has 1 saturated carbocycles. The van der Waals surface area contributed by atoms with Crippen LogP contribution >= 0.6 is 11.3 Å². The first-order valence-corrected chi connectivity index (χ1v) is 11.9. The summed E-state index contributed by atoms with van der Waals surface area (Å²) in [5.41, 5.74) is 0.0593. The fourth-order valence-electron chi connectivity index (χ4n) is 4.30. The summed E-state index contributed by atoms with van der Waals surface area (Å²) in [4.78, 5) is 23.9. The van der Waals surface area contributed by atoms with Gasteiger partial charge in [0, 0.05) is 24.0 Å². The molecule has 0 saturated heterocycles. The number of benzene rings is 1. The monoisotopic (exact) mass is 518 g/mol. The molecule has 1 fully saturated rings. The average Bonchev–Trinajstić information content (AvgIpc) is 3.49. The maximum absolute atomic E-state index is 13.0. The van der Waals surface area contributed by atoms with Gasteiger partial charge in [0.25, 0.3) is 0 Å². The molecule has 13 heteroatoms. The lowest BCUT2D eigenvalue weighted by Crippen LogP contribution is -2.30. The fraction of sp³-hybridized carbons (Fsp3) is 0.348. The number of hydrogen-bond acceptors (Lipinski definition) is 9. The molecule has 0 bridgehead atoms. The number of aromatic amines is 1. The number of nitrogens with zero attached hydrogens (tertiary/aromatic N) is 4. The smallest absolute Gasteiger partial charge is 0.392 e. The molecule has 0 radical (unpaired) electrons. The number of H-pyrrole nitrogens is 1. The highest BCUT2D eigenvalue weighted by atomic mass is 32.1. The van der Waals surface area contributed by atoms with Crippen LogP contribution in [0.25, 0.3) is 10.4 Å². The minimum absolute atomic E-state index is 0.0490. The second-order valence-electron chi connectivity index (χ2n) is 8.76. The van der Waals surface area contributed by atoms with Crippen LogP contribution < -0.4 is 11.1 Å². The maximum atomic E-state index is 13.0. The van der Waals surface area contributed by atoms with E-state index in [-0.39, 0.29) is 11.9 Å². The van der Waals surface area contributed by atoms with E-state index in [2.05, 4.69) is 30.5 Å². The second-order valence-corrected chi connectivity index (χ2v) is 9.79. The number of anilines is 2. The summed E-state index contributed by atoms with van der Waals surface area (Å²) in [5.74, 6) is -0.453. The molecule has 0 spiro atoms. The summed E-state index contributed by atoms with van der Waals surface area (Å²) in [6.07, 6.45) is 0.226. The van der Waals surface area contributed by atoms with Crippen LogP contribution in [0.5, 0.6) is 0 Å². The highest BCUT2D eigenvalue weighted by Gasteiger charge is 2.39. The Hall–Kier alpha value is -3.58. The third kappa shape index (κ3) is 5.02. The Kier molecular flexibility index (Phi) is 6.12. The minimum atomic E-state index is -4.57. The van der Waals surface area contributed by atoms with Crippen molar-refractivity contribution in [1.82, 2.24) is 25.1 Å². The van der Waals surface area contributed by atoms with Crippen molar-refractivity contribution in [3.63, 3.8) is 0 Å². The van der Waals surface area contributed by atoms with Crippen LogP contribution in [0.4, 0.5) is 24.8 Å². The lowest BCUT2D eigenvalue weighted by Gasteiger charge is -2.33. The number of nitrogens with one attached hydrogen (secondary N) is 2. The van der Waals surface area contributed by atoms with Gasteiger partial charge in [-0.25, -0.2) is 24.8 Å². The zero-order chi connectivity index (χ0) is 25.5. The standard InChI is InChI=1S/C23H21F3N6O3S/c1-12-8-14(10-15(9-12)29-20-27-7-4-17(30-20)23(24,25)26)16-11-28-19(36-16)22(34)5-2-13(3-6-22)18-31-32-21(33)35-18/h4,7-11,13,34H,2-3,5-6H2,1H3,(H,32,33)(H,27,29,30). The number of thiazole rings is 1. The Morgan fingerprint density at radius 3 is 2.69 bits per heavy atom. The molecule has 3 N–H and O–H groups in total. The van der Waals surface area contributed by atoms with Gasteiger partial charge in [-0.3, -0.25) is 0 Å².